The third-order valence-electron chi connectivity index (χ3n) is 6.68. The first-order valence-electron chi connectivity index (χ1n) is 13.1. The smallest absolute Gasteiger partial charge is 0.413 e. The second-order valence-electron chi connectivity index (χ2n) is 9.31. The number of rotatable bonds is 10. The molecule has 0 radical (unpaired) electrons. The van der Waals surface area contributed by atoms with E-state index in [2.05, 4.69) is 49.7 Å². The molecule has 1 N–H and O–H groups in total. The molecule has 2 aromatic carbocycles. The third-order valence-corrected chi connectivity index (χ3v) is 7.56. The summed E-state index contributed by atoms with van der Waals surface area (Å²) in [6.45, 7) is 8.67. The Balaban J connectivity index is 1.04. The van der Waals surface area contributed by atoms with Gasteiger partial charge in [0, 0.05) is 66.0 Å². The molecule has 8 heteroatoms. The van der Waals surface area contributed by atoms with Crippen molar-refractivity contribution in [3.8, 4) is 11.6 Å². The minimum absolute atomic E-state index is 0.283. The molecule has 194 valence electrons. The second-order valence-corrected chi connectivity index (χ2v) is 10.3. The van der Waals surface area contributed by atoms with Crippen LogP contribution in [-0.2, 0) is 0 Å². The summed E-state index contributed by atoms with van der Waals surface area (Å²) in [5.41, 5.74) is 2.12. The summed E-state index contributed by atoms with van der Waals surface area (Å²) in [6, 6.07) is 18.3. The van der Waals surface area contributed by atoms with E-state index in [1.165, 1.54) is 15.8 Å². The minimum Gasteiger partial charge on any atom is -0.494 e. The highest BCUT2D eigenvalue weighted by atomic mass is 32.1. The van der Waals surface area contributed by atoms with Gasteiger partial charge in [0.1, 0.15) is 5.75 Å². The largest absolute Gasteiger partial charge is 0.494 e. The number of piperazine rings is 1. The number of ether oxygens (including phenoxy) is 2. The number of carbonyl (C=O) groups is 1. The highest BCUT2D eigenvalue weighted by Gasteiger charge is 2.18. The van der Waals surface area contributed by atoms with Crippen LogP contribution in [0.1, 0.15) is 26.2 Å². The number of hydrogen-bond acceptors (Lipinski definition) is 7. The number of fused-ring (bicyclic) bond motifs is 2. The van der Waals surface area contributed by atoms with Gasteiger partial charge in [-0.25, -0.2) is 9.78 Å². The molecule has 1 fully saturated rings. The molecule has 3 heterocycles. The number of carbonyl (C=O) groups excluding carboxylic acids is 1. The first-order valence-corrected chi connectivity index (χ1v) is 14.0. The quantitative estimate of drug-likeness (QED) is 0.263. The third kappa shape index (κ3) is 6.50. The fourth-order valence-electron chi connectivity index (χ4n) is 4.68. The number of thiophene rings is 1. The summed E-state index contributed by atoms with van der Waals surface area (Å²) >= 11 is 1.81. The van der Waals surface area contributed by atoms with Crippen LogP contribution in [0.5, 0.6) is 11.6 Å². The van der Waals surface area contributed by atoms with E-state index in [0.717, 1.165) is 68.6 Å². The number of anilines is 1. The van der Waals surface area contributed by atoms with E-state index in [9.17, 15) is 4.79 Å². The van der Waals surface area contributed by atoms with Crippen LogP contribution in [0.25, 0.3) is 21.0 Å². The Hall–Kier alpha value is -3.36. The van der Waals surface area contributed by atoms with Gasteiger partial charge in [0.05, 0.1) is 12.1 Å². The zero-order chi connectivity index (χ0) is 25.5. The monoisotopic (exact) mass is 518 g/mol. The Kier molecular flexibility index (Phi) is 8.38. The molecule has 0 aliphatic carbocycles. The van der Waals surface area contributed by atoms with Crippen LogP contribution in [0.4, 0.5) is 10.5 Å². The summed E-state index contributed by atoms with van der Waals surface area (Å²) < 4.78 is 12.6. The molecule has 2 aromatic heterocycles. The average molecular weight is 519 g/mol. The van der Waals surface area contributed by atoms with E-state index in [1.54, 1.807) is 6.07 Å². The number of hydrogen-bond donors (Lipinski definition) is 1. The van der Waals surface area contributed by atoms with Crippen LogP contribution in [0.3, 0.4) is 0 Å². The van der Waals surface area contributed by atoms with E-state index in [1.807, 2.05) is 42.5 Å². The van der Waals surface area contributed by atoms with Crippen LogP contribution in [0.15, 0.2) is 60.0 Å². The van der Waals surface area contributed by atoms with Gasteiger partial charge in [-0.3, -0.25) is 4.90 Å². The number of amides is 1. The summed E-state index contributed by atoms with van der Waals surface area (Å²) in [7, 11) is 0. The lowest BCUT2D eigenvalue weighted by molar-refractivity contribution is 0.199. The maximum absolute atomic E-state index is 11.8. The van der Waals surface area contributed by atoms with Gasteiger partial charge in [-0.05, 0) is 67.6 Å². The van der Waals surface area contributed by atoms with Gasteiger partial charge in [0.15, 0.2) is 0 Å². The van der Waals surface area contributed by atoms with Crippen molar-refractivity contribution < 1.29 is 14.3 Å². The van der Waals surface area contributed by atoms with E-state index in [0.29, 0.717) is 13.2 Å². The molecule has 1 amide bonds. The fraction of sp³-hybridized carbons (Fsp3) is 0.379. The van der Waals surface area contributed by atoms with Crippen LogP contribution in [0.2, 0.25) is 0 Å². The fourth-order valence-corrected chi connectivity index (χ4v) is 5.48. The van der Waals surface area contributed by atoms with Crippen LogP contribution in [0, 0.1) is 0 Å². The van der Waals surface area contributed by atoms with Crippen molar-refractivity contribution in [1.29, 1.82) is 0 Å². The molecule has 37 heavy (non-hydrogen) atoms. The molecular formula is C29H34N4O3S. The summed E-state index contributed by atoms with van der Waals surface area (Å²) in [6.07, 6.45) is 2.48. The van der Waals surface area contributed by atoms with Crippen molar-refractivity contribution in [2.75, 3.05) is 50.8 Å². The molecular weight excluding hydrogens is 484 g/mol. The van der Waals surface area contributed by atoms with Gasteiger partial charge in [-0.2, -0.15) is 0 Å². The van der Waals surface area contributed by atoms with E-state index < -0.39 is 6.09 Å². The lowest BCUT2D eigenvalue weighted by atomic mass is 10.2. The predicted octanol–water partition coefficient (Wildman–Crippen LogP) is 5.93. The summed E-state index contributed by atoms with van der Waals surface area (Å²) in [5.74, 6) is 1.06. The standard InChI is InChI=1S/C29H34N4O3S/c1-2-13-30-29(34)36-28-11-9-22-8-10-23(21-25(22)31-28)35-19-4-3-14-32-15-17-33(18-16-32)26-6-5-7-27-24(26)12-20-37-27/h5-12,20-21H,2-4,13-19H2,1H3,(H,30,34). The van der Waals surface area contributed by atoms with Gasteiger partial charge in [0.25, 0.3) is 0 Å². The number of benzene rings is 2. The van der Waals surface area contributed by atoms with Gasteiger partial charge in [0.2, 0.25) is 5.88 Å². The number of nitrogens with zero attached hydrogens (tertiary/aromatic N) is 3. The Morgan fingerprint density at radius 3 is 2.78 bits per heavy atom. The maximum Gasteiger partial charge on any atom is 0.413 e. The van der Waals surface area contributed by atoms with Crippen LogP contribution in [-0.4, -0.2) is 61.9 Å². The Bertz CT molecular complexity index is 1330. The predicted molar refractivity (Wildman–Crippen MR) is 151 cm³/mol. The Labute approximate surface area is 222 Å². The zero-order valence-corrected chi connectivity index (χ0v) is 22.1. The van der Waals surface area contributed by atoms with Crippen LogP contribution >= 0.6 is 11.3 Å². The van der Waals surface area contributed by atoms with Crippen molar-refractivity contribution in [1.82, 2.24) is 15.2 Å². The lowest BCUT2D eigenvalue weighted by Gasteiger charge is -2.36. The highest BCUT2D eigenvalue weighted by Crippen LogP contribution is 2.31. The molecule has 7 nitrogen and oxygen atoms in total. The minimum atomic E-state index is -0.484. The first-order chi connectivity index (χ1) is 18.2. The van der Waals surface area contributed by atoms with E-state index >= 15 is 0 Å². The molecule has 1 saturated heterocycles. The van der Waals surface area contributed by atoms with Gasteiger partial charge in [-0.1, -0.05) is 13.0 Å². The van der Waals surface area contributed by atoms with Gasteiger partial charge < -0.3 is 19.7 Å². The van der Waals surface area contributed by atoms with Crippen LogP contribution < -0.4 is 19.7 Å². The number of unbranched alkanes of at least 4 members (excludes halogenated alkanes) is 1. The van der Waals surface area contributed by atoms with Crippen molar-refractivity contribution in [3.63, 3.8) is 0 Å². The Morgan fingerprint density at radius 2 is 1.92 bits per heavy atom. The van der Waals surface area contributed by atoms with Gasteiger partial charge in [-0.15, -0.1) is 11.3 Å². The van der Waals surface area contributed by atoms with Crippen molar-refractivity contribution in [2.45, 2.75) is 26.2 Å². The van der Waals surface area contributed by atoms with E-state index in [4.69, 9.17) is 9.47 Å². The topological polar surface area (TPSA) is 66.9 Å². The molecule has 0 saturated carbocycles. The normalized spacial score (nSPS) is 14.2. The molecule has 0 spiro atoms. The molecule has 0 bridgehead atoms. The van der Waals surface area contributed by atoms with Crippen molar-refractivity contribution >= 4 is 44.1 Å². The highest BCUT2D eigenvalue weighted by molar-refractivity contribution is 7.17. The number of pyridine rings is 1. The molecule has 4 aromatic rings. The zero-order valence-electron chi connectivity index (χ0n) is 21.3. The molecule has 1 aliphatic rings. The SMILES string of the molecule is CCCNC(=O)Oc1ccc2ccc(OCCCCN3CCN(c4cccc5sccc45)CC3)cc2n1. The molecule has 0 unspecified atom stereocenters. The summed E-state index contributed by atoms with van der Waals surface area (Å²) in [5, 5.41) is 7.22. The average Bonchev–Trinajstić information content (AvgIpc) is 3.41. The second kappa shape index (κ2) is 12.3. The first kappa shape index (κ1) is 25.3. The Morgan fingerprint density at radius 1 is 1.05 bits per heavy atom. The number of nitrogens with one attached hydrogen (secondary N) is 1. The van der Waals surface area contributed by atoms with Gasteiger partial charge >= 0.3 is 6.09 Å². The number of aromatic nitrogens is 1. The maximum atomic E-state index is 11.8. The summed E-state index contributed by atoms with van der Waals surface area (Å²) in [4.78, 5) is 21.3. The molecule has 5 rings (SSSR count). The lowest BCUT2D eigenvalue weighted by Crippen LogP contribution is -2.46. The van der Waals surface area contributed by atoms with Crippen molar-refractivity contribution in [3.05, 3.63) is 60.0 Å². The molecule has 0 atom stereocenters. The van der Waals surface area contributed by atoms with Crippen molar-refractivity contribution in [2.24, 2.45) is 0 Å². The molecule has 1 aliphatic heterocycles. The van der Waals surface area contributed by atoms with E-state index in [-0.39, 0.29) is 5.88 Å².